The minimum atomic E-state index is -2.69. The van der Waals surface area contributed by atoms with Crippen molar-refractivity contribution in [2.75, 3.05) is 6.54 Å². The number of hydrogen-bond acceptors (Lipinski definition) is 4. The average Bonchev–Trinajstić information content (AvgIpc) is 1.84. The molecule has 0 saturated heterocycles. The highest BCUT2D eigenvalue weighted by Gasteiger charge is 2.17. The molecule has 0 aliphatic heterocycles. The highest BCUT2D eigenvalue weighted by molar-refractivity contribution is 5.77. The van der Waals surface area contributed by atoms with Crippen LogP contribution in [0.2, 0.25) is 0 Å². The Kier molecular flexibility index (Phi) is 4.16. The SMILES string of the molecule is CC(C)C(=O)NCCC(O)(O)O. The quantitative estimate of drug-likeness (QED) is 0.405. The number of carbonyl (C=O) groups excluding carboxylic acids is 1. The lowest BCUT2D eigenvalue weighted by Crippen LogP contribution is -2.36. The Hall–Kier alpha value is -0.650. The third-order valence-electron chi connectivity index (χ3n) is 1.28. The largest absolute Gasteiger partial charge is 0.356 e. The number of carbonyl (C=O) groups is 1. The van der Waals surface area contributed by atoms with E-state index in [-0.39, 0.29) is 24.8 Å². The molecule has 72 valence electrons. The zero-order valence-corrected chi connectivity index (χ0v) is 7.24. The molecule has 12 heavy (non-hydrogen) atoms. The van der Waals surface area contributed by atoms with Crippen molar-refractivity contribution in [2.24, 2.45) is 5.92 Å². The first-order valence-corrected chi connectivity index (χ1v) is 3.78. The monoisotopic (exact) mass is 177 g/mol. The molecular formula is C7H15NO4. The predicted molar refractivity (Wildman–Crippen MR) is 41.9 cm³/mol. The van der Waals surface area contributed by atoms with E-state index in [0.29, 0.717) is 0 Å². The Morgan fingerprint density at radius 2 is 1.92 bits per heavy atom. The van der Waals surface area contributed by atoms with Gasteiger partial charge in [0.05, 0.1) is 0 Å². The Morgan fingerprint density at radius 3 is 2.25 bits per heavy atom. The molecule has 0 aromatic heterocycles. The van der Waals surface area contributed by atoms with Crippen LogP contribution >= 0.6 is 0 Å². The maximum Gasteiger partial charge on any atom is 0.277 e. The van der Waals surface area contributed by atoms with E-state index in [2.05, 4.69) is 5.32 Å². The van der Waals surface area contributed by atoms with Gasteiger partial charge in [-0.25, -0.2) is 0 Å². The highest BCUT2D eigenvalue weighted by Crippen LogP contribution is 1.98. The van der Waals surface area contributed by atoms with Gasteiger partial charge in [0.2, 0.25) is 5.91 Å². The molecule has 0 fully saturated rings. The van der Waals surface area contributed by atoms with Gasteiger partial charge < -0.3 is 20.6 Å². The van der Waals surface area contributed by atoms with Gasteiger partial charge in [-0.2, -0.15) is 0 Å². The van der Waals surface area contributed by atoms with Crippen molar-refractivity contribution in [2.45, 2.75) is 26.2 Å². The molecule has 0 aromatic carbocycles. The van der Waals surface area contributed by atoms with E-state index in [1.165, 1.54) is 0 Å². The maximum absolute atomic E-state index is 10.9. The molecule has 0 rings (SSSR count). The van der Waals surface area contributed by atoms with Crippen molar-refractivity contribution >= 4 is 5.91 Å². The molecular weight excluding hydrogens is 162 g/mol. The van der Waals surface area contributed by atoms with Gasteiger partial charge in [0, 0.05) is 18.9 Å². The van der Waals surface area contributed by atoms with E-state index in [9.17, 15) is 4.79 Å². The minimum Gasteiger partial charge on any atom is -0.356 e. The summed E-state index contributed by atoms with van der Waals surface area (Å²) in [7, 11) is 0. The number of rotatable bonds is 4. The van der Waals surface area contributed by atoms with Crippen LogP contribution in [0.15, 0.2) is 0 Å². The molecule has 0 radical (unpaired) electrons. The smallest absolute Gasteiger partial charge is 0.277 e. The van der Waals surface area contributed by atoms with Crippen LogP contribution in [0, 0.1) is 5.92 Å². The maximum atomic E-state index is 10.9. The molecule has 0 bridgehead atoms. The summed E-state index contributed by atoms with van der Waals surface area (Å²) in [6.45, 7) is 3.49. The van der Waals surface area contributed by atoms with E-state index >= 15 is 0 Å². The van der Waals surface area contributed by atoms with Crippen molar-refractivity contribution in [3.8, 4) is 0 Å². The van der Waals surface area contributed by atoms with Crippen LogP contribution in [0.4, 0.5) is 0 Å². The lowest BCUT2D eigenvalue weighted by Gasteiger charge is -2.14. The van der Waals surface area contributed by atoms with Crippen molar-refractivity contribution < 1.29 is 20.1 Å². The van der Waals surface area contributed by atoms with Gasteiger partial charge in [0.25, 0.3) is 5.97 Å². The lowest BCUT2D eigenvalue weighted by molar-refractivity contribution is -0.313. The van der Waals surface area contributed by atoms with E-state index in [1.54, 1.807) is 13.8 Å². The summed E-state index contributed by atoms with van der Waals surface area (Å²) in [4.78, 5) is 10.9. The van der Waals surface area contributed by atoms with Gasteiger partial charge in [-0.05, 0) is 0 Å². The van der Waals surface area contributed by atoms with Gasteiger partial charge in [0.1, 0.15) is 0 Å². The standard InChI is InChI=1S/C7H15NO4/c1-5(2)6(9)8-4-3-7(10,11)12/h5,10-12H,3-4H2,1-2H3,(H,8,9). The average molecular weight is 177 g/mol. The fourth-order valence-electron chi connectivity index (χ4n) is 0.558. The van der Waals surface area contributed by atoms with Gasteiger partial charge in [-0.3, -0.25) is 4.79 Å². The summed E-state index contributed by atoms with van der Waals surface area (Å²) in [6, 6.07) is 0. The third kappa shape index (κ3) is 6.09. The van der Waals surface area contributed by atoms with Crippen LogP contribution in [-0.4, -0.2) is 33.7 Å². The molecule has 0 unspecified atom stereocenters. The summed E-state index contributed by atoms with van der Waals surface area (Å²) in [5, 5.41) is 27.7. The van der Waals surface area contributed by atoms with E-state index in [4.69, 9.17) is 15.3 Å². The number of hydrogen-bond donors (Lipinski definition) is 4. The van der Waals surface area contributed by atoms with Gasteiger partial charge in [0.15, 0.2) is 0 Å². The summed E-state index contributed by atoms with van der Waals surface area (Å²) >= 11 is 0. The fraction of sp³-hybridized carbons (Fsp3) is 0.857. The second kappa shape index (κ2) is 4.39. The molecule has 0 aliphatic rings. The first-order valence-electron chi connectivity index (χ1n) is 3.78. The van der Waals surface area contributed by atoms with Gasteiger partial charge in [-0.1, -0.05) is 13.8 Å². The molecule has 0 aromatic rings. The van der Waals surface area contributed by atoms with Crippen molar-refractivity contribution in [1.29, 1.82) is 0 Å². The first-order chi connectivity index (χ1) is 5.33. The summed E-state index contributed by atoms with van der Waals surface area (Å²) in [6.07, 6.45) is -0.300. The third-order valence-corrected chi connectivity index (χ3v) is 1.28. The molecule has 0 aliphatic carbocycles. The minimum absolute atomic E-state index is 0.0422. The molecule has 5 nitrogen and oxygen atoms in total. The van der Waals surface area contributed by atoms with E-state index in [1.807, 2.05) is 0 Å². The van der Waals surface area contributed by atoms with Crippen LogP contribution < -0.4 is 5.32 Å². The molecule has 4 N–H and O–H groups in total. The number of amides is 1. The fourth-order valence-corrected chi connectivity index (χ4v) is 0.558. The Bertz CT molecular complexity index is 150. The van der Waals surface area contributed by atoms with Gasteiger partial charge >= 0.3 is 0 Å². The summed E-state index contributed by atoms with van der Waals surface area (Å²) in [5.41, 5.74) is 0. The summed E-state index contributed by atoms with van der Waals surface area (Å²) in [5.74, 6) is -3.01. The Morgan fingerprint density at radius 1 is 1.42 bits per heavy atom. The van der Waals surface area contributed by atoms with Crippen LogP contribution in [0.25, 0.3) is 0 Å². The van der Waals surface area contributed by atoms with Gasteiger partial charge in [-0.15, -0.1) is 0 Å². The molecule has 0 spiro atoms. The molecule has 0 atom stereocenters. The first kappa shape index (κ1) is 11.4. The Balaban J connectivity index is 3.51. The van der Waals surface area contributed by atoms with E-state index < -0.39 is 5.97 Å². The summed E-state index contributed by atoms with van der Waals surface area (Å²) < 4.78 is 0. The van der Waals surface area contributed by atoms with Crippen LogP contribution in [-0.2, 0) is 4.79 Å². The highest BCUT2D eigenvalue weighted by atomic mass is 16.7. The van der Waals surface area contributed by atoms with Crippen molar-refractivity contribution in [1.82, 2.24) is 5.32 Å². The normalized spacial score (nSPS) is 11.8. The molecule has 0 saturated carbocycles. The number of nitrogens with one attached hydrogen (secondary N) is 1. The Labute approximate surface area is 71.0 Å². The van der Waals surface area contributed by atoms with Crippen molar-refractivity contribution in [3.63, 3.8) is 0 Å². The molecule has 1 amide bonds. The molecule has 0 heterocycles. The predicted octanol–water partition coefficient (Wildman–Crippen LogP) is -1.22. The zero-order valence-electron chi connectivity index (χ0n) is 7.24. The zero-order chi connectivity index (χ0) is 9.78. The van der Waals surface area contributed by atoms with Crippen LogP contribution in [0.3, 0.4) is 0 Å². The second-order valence-corrected chi connectivity index (χ2v) is 2.97. The molecule has 5 heteroatoms. The van der Waals surface area contributed by atoms with Crippen LogP contribution in [0.5, 0.6) is 0 Å². The number of aliphatic hydroxyl groups is 3. The lowest BCUT2D eigenvalue weighted by atomic mass is 10.2. The van der Waals surface area contributed by atoms with Crippen molar-refractivity contribution in [3.05, 3.63) is 0 Å². The topological polar surface area (TPSA) is 89.8 Å². The van der Waals surface area contributed by atoms with E-state index in [0.717, 1.165) is 0 Å². The van der Waals surface area contributed by atoms with Crippen LogP contribution in [0.1, 0.15) is 20.3 Å². The second-order valence-electron chi connectivity index (χ2n) is 2.97.